The van der Waals surface area contributed by atoms with Gasteiger partial charge in [-0.25, -0.2) is 0 Å². The Morgan fingerprint density at radius 3 is 2.40 bits per heavy atom. The second-order valence-electron chi connectivity index (χ2n) is 3.58. The highest BCUT2D eigenvalue weighted by atomic mass is 16.1. The average molecular weight is 199 g/mol. The van der Waals surface area contributed by atoms with Crippen molar-refractivity contribution in [3.8, 4) is 0 Å². The summed E-state index contributed by atoms with van der Waals surface area (Å²) in [5.41, 5.74) is 3.91. The molecule has 2 nitrogen and oxygen atoms in total. The molecule has 1 aromatic rings. The zero-order valence-electron chi connectivity index (χ0n) is 8.71. The van der Waals surface area contributed by atoms with E-state index in [1.54, 1.807) is 6.08 Å². The van der Waals surface area contributed by atoms with Crippen LogP contribution in [0, 0.1) is 0 Å². The smallest absolute Gasteiger partial charge is 0.249 e. The lowest BCUT2D eigenvalue weighted by molar-refractivity contribution is -0.115. The summed E-state index contributed by atoms with van der Waals surface area (Å²) in [7, 11) is 0. The van der Waals surface area contributed by atoms with Crippen LogP contribution >= 0.6 is 0 Å². The summed E-state index contributed by atoms with van der Waals surface area (Å²) in [6.45, 7) is 5.92. The Kier molecular flexibility index (Phi) is 2.42. The van der Waals surface area contributed by atoms with Gasteiger partial charge < -0.3 is 5.32 Å². The largest absolute Gasteiger partial charge is 0.322 e. The first kappa shape index (κ1) is 9.71. The quantitative estimate of drug-likeness (QED) is 0.777. The number of nitrogens with one attached hydrogen (secondary N) is 1. The van der Waals surface area contributed by atoms with Crippen molar-refractivity contribution in [2.75, 3.05) is 0 Å². The van der Waals surface area contributed by atoms with Crippen molar-refractivity contribution in [1.82, 2.24) is 5.32 Å². The Morgan fingerprint density at radius 1 is 1.27 bits per heavy atom. The van der Waals surface area contributed by atoms with E-state index >= 15 is 0 Å². The summed E-state index contributed by atoms with van der Waals surface area (Å²) in [5, 5.41) is 2.67. The van der Waals surface area contributed by atoms with E-state index in [0.717, 1.165) is 17.6 Å². The average Bonchev–Trinajstić information content (AvgIpc) is 2.58. The molecule has 2 rings (SSSR count). The van der Waals surface area contributed by atoms with Crippen LogP contribution in [-0.4, -0.2) is 5.91 Å². The normalized spacial score (nSPS) is 15.1. The molecule has 15 heavy (non-hydrogen) atoms. The summed E-state index contributed by atoms with van der Waals surface area (Å²) >= 11 is 0. The number of carbonyl (C=O) groups excluding carboxylic acids is 1. The first-order valence-electron chi connectivity index (χ1n) is 5.02. The molecule has 1 aliphatic rings. The van der Waals surface area contributed by atoms with E-state index in [-0.39, 0.29) is 5.91 Å². The van der Waals surface area contributed by atoms with Crippen LogP contribution in [0.2, 0.25) is 0 Å². The molecule has 76 valence electrons. The fourth-order valence-corrected chi connectivity index (χ4v) is 1.65. The van der Waals surface area contributed by atoms with Crippen molar-refractivity contribution in [3.63, 3.8) is 0 Å². The van der Waals surface area contributed by atoms with Gasteiger partial charge in [0.25, 0.3) is 0 Å². The molecule has 1 heterocycles. The highest BCUT2D eigenvalue weighted by Crippen LogP contribution is 2.24. The van der Waals surface area contributed by atoms with E-state index in [0.29, 0.717) is 5.70 Å². The minimum Gasteiger partial charge on any atom is -0.322 e. The maximum atomic E-state index is 11.1. The third-order valence-corrected chi connectivity index (χ3v) is 2.55. The molecule has 0 saturated carbocycles. The van der Waals surface area contributed by atoms with Gasteiger partial charge >= 0.3 is 0 Å². The molecule has 1 aromatic carbocycles. The standard InChI is InChI=1S/C13H13NO/c1-3-10-4-6-11(7-5-10)12-8-13(15)14-9(12)2/h4-8H,2-3H2,1H3,(H,14,15). The van der Waals surface area contributed by atoms with Crippen LogP contribution in [0.3, 0.4) is 0 Å². The fraction of sp³-hybridized carbons (Fsp3) is 0.154. The summed E-state index contributed by atoms with van der Waals surface area (Å²) in [6, 6.07) is 8.20. The summed E-state index contributed by atoms with van der Waals surface area (Å²) in [6.07, 6.45) is 2.61. The van der Waals surface area contributed by atoms with Crippen LogP contribution in [0.5, 0.6) is 0 Å². The lowest BCUT2D eigenvalue weighted by atomic mass is 10.0. The Morgan fingerprint density at radius 2 is 1.93 bits per heavy atom. The van der Waals surface area contributed by atoms with Crippen LogP contribution in [0.1, 0.15) is 18.1 Å². The second kappa shape index (κ2) is 3.73. The predicted octanol–water partition coefficient (Wildman–Crippen LogP) is 2.28. The van der Waals surface area contributed by atoms with Crippen molar-refractivity contribution < 1.29 is 4.79 Å². The number of carbonyl (C=O) groups is 1. The van der Waals surface area contributed by atoms with E-state index in [2.05, 4.69) is 31.0 Å². The molecule has 2 heteroatoms. The van der Waals surface area contributed by atoms with E-state index in [9.17, 15) is 4.79 Å². The van der Waals surface area contributed by atoms with Crippen LogP contribution in [0.15, 0.2) is 42.6 Å². The molecule has 1 N–H and O–H groups in total. The van der Waals surface area contributed by atoms with Crippen molar-refractivity contribution in [3.05, 3.63) is 53.7 Å². The van der Waals surface area contributed by atoms with Crippen LogP contribution in [0.25, 0.3) is 5.57 Å². The van der Waals surface area contributed by atoms with Crippen molar-refractivity contribution in [2.24, 2.45) is 0 Å². The molecule has 0 bridgehead atoms. The van der Waals surface area contributed by atoms with Gasteiger partial charge in [-0.3, -0.25) is 4.79 Å². The monoisotopic (exact) mass is 199 g/mol. The van der Waals surface area contributed by atoms with Crippen LogP contribution in [0.4, 0.5) is 0 Å². The van der Waals surface area contributed by atoms with Crippen molar-refractivity contribution in [1.29, 1.82) is 0 Å². The molecule has 1 amide bonds. The highest BCUT2D eigenvalue weighted by molar-refractivity contribution is 6.06. The Bertz CT molecular complexity index is 440. The zero-order valence-corrected chi connectivity index (χ0v) is 8.71. The molecule has 0 atom stereocenters. The molecule has 0 unspecified atom stereocenters. The lowest BCUT2D eigenvalue weighted by Gasteiger charge is -2.04. The number of hydrogen-bond donors (Lipinski definition) is 1. The first-order chi connectivity index (χ1) is 7.20. The van der Waals surface area contributed by atoms with Gasteiger partial charge in [-0.15, -0.1) is 0 Å². The SMILES string of the molecule is C=C1NC(=O)C=C1c1ccc(CC)cc1. The minimum absolute atomic E-state index is 0.0884. The van der Waals surface area contributed by atoms with Crippen LogP contribution in [-0.2, 0) is 11.2 Å². The molecule has 0 radical (unpaired) electrons. The van der Waals surface area contributed by atoms with Crippen LogP contribution < -0.4 is 5.32 Å². The van der Waals surface area contributed by atoms with Gasteiger partial charge in [0, 0.05) is 17.3 Å². The molecule has 0 aromatic heterocycles. The molecule has 1 aliphatic heterocycles. The number of hydrogen-bond acceptors (Lipinski definition) is 1. The lowest BCUT2D eigenvalue weighted by Crippen LogP contribution is -2.12. The number of aryl methyl sites for hydroxylation is 1. The minimum atomic E-state index is -0.0884. The van der Waals surface area contributed by atoms with Crippen molar-refractivity contribution in [2.45, 2.75) is 13.3 Å². The number of rotatable bonds is 2. The molecular weight excluding hydrogens is 186 g/mol. The molecule has 0 saturated heterocycles. The van der Waals surface area contributed by atoms with Gasteiger partial charge in [-0.05, 0) is 17.5 Å². The molecule has 0 aliphatic carbocycles. The predicted molar refractivity (Wildman–Crippen MR) is 61.1 cm³/mol. The van der Waals surface area contributed by atoms with Gasteiger partial charge in [-0.2, -0.15) is 0 Å². The topological polar surface area (TPSA) is 29.1 Å². The second-order valence-corrected chi connectivity index (χ2v) is 3.58. The summed E-state index contributed by atoms with van der Waals surface area (Å²) < 4.78 is 0. The zero-order chi connectivity index (χ0) is 10.8. The summed E-state index contributed by atoms with van der Waals surface area (Å²) in [4.78, 5) is 11.1. The molecule has 0 spiro atoms. The van der Waals surface area contributed by atoms with Gasteiger partial charge in [-0.1, -0.05) is 37.8 Å². The first-order valence-corrected chi connectivity index (χ1v) is 5.02. The molecule has 0 fully saturated rings. The number of benzene rings is 1. The van der Waals surface area contributed by atoms with Gasteiger partial charge in [0.1, 0.15) is 0 Å². The van der Waals surface area contributed by atoms with Gasteiger partial charge in [0.05, 0.1) is 0 Å². The maximum Gasteiger partial charge on any atom is 0.249 e. The van der Waals surface area contributed by atoms with E-state index < -0.39 is 0 Å². The van der Waals surface area contributed by atoms with E-state index in [1.165, 1.54) is 5.56 Å². The van der Waals surface area contributed by atoms with Gasteiger partial charge in [0.2, 0.25) is 5.91 Å². The fourth-order valence-electron chi connectivity index (χ4n) is 1.65. The number of allylic oxidation sites excluding steroid dienone is 1. The summed E-state index contributed by atoms with van der Waals surface area (Å²) in [5.74, 6) is -0.0884. The maximum absolute atomic E-state index is 11.1. The van der Waals surface area contributed by atoms with E-state index in [1.807, 2.05) is 12.1 Å². The number of amides is 1. The van der Waals surface area contributed by atoms with Crippen molar-refractivity contribution >= 4 is 11.5 Å². The van der Waals surface area contributed by atoms with Gasteiger partial charge in [0.15, 0.2) is 0 Å². The Labute approximate surface area is 89.3 Å². The Balaban J connectivity index is 2.34. The highest BCUT2D eigenvalue weighted by Gasteiger charge is 2.16. The molecular formula is C13H13NO. The van der Waals surface area contributed by atoms with E-state index in [4.69, 9.17) is 0 Å². The third kappa shape index (κ3) is 1.84. The third-order valence-electron chi connectivity index (χ3n) is 2.55. The Hall–Kier alpha value is -1.83.